The molecule has 4 fully saturated rings. The number of unbranched alkanes of at least 4 members (excludes halogenated alkanes) is 2. The zero-order valence-electron chi connectivity index (χ0n) is 20.3. The van der Waals surface area contributed by atoms with Gasteiger partial charge in [0.2, 0.25) is 5.79 Å². The highest BCUT2D eigenvalue weighted by atomic mass is 16.8. The van der Waals surface area contributed by atoms with Gasteiger partial charge in [-0.2, -0.15) is 0 Å². The van der Waals surface area contributed by atoms with E-state index in [1.165, 1.54) is 19.3 Å². The molecule has 5 nitrogen and oxygen atoms in total. The van der Waals surface area contributed by atoms with Gasteiger partial charge in [-0.3, -0.25) is 0 Å². The van der Waals surface area contributed by atoms with Gasteiger partial charge in [-0.15, -0.1) is 0 Å². The van der Waals surface area contributed by atoms with Crippen LogP contribution in [0.5, 0.6) is 0 Å². The van der Waals surface area contributed by atoms with E-state index in [9.17, 15) is 10.2 Å². The third kappa shape index (κ3) is 4.33. The van der Waals surface area contributed by atoms with Crippen molar-refractivity contribution in [3.05, 3.63) is 12.2 Å². The summed E-state index contributed by atoms with van der Waals surface area (Å²) in [5.74, 6) is 0.0697. The van der Waals surface area contributed by atoms with Crippen LogP contribution in [0.1, 0.15) is 90.9 Å². The second-order valence-corrected chi connectivity index (χ2v) is 10.7. The molecule has 4 rings (SSSR count). The lowest BCUT2D eigenvalue weighted by Crippen LogP contribution is -2.80. The zero-order valence-corrected chi connectivity index (χ0v) is 20.3. The maximum Gasteiger partial charge on any atom is 0.201 e. The monoisotopic (exact) mass is 450 g/mol. The molecule has 2 N–H and O–H groups in total. The van der Waals surface area contributed by atoms with Gasteiger partial charge in [0, 0.05) is 24.4 Å². The van der Waals surface area contributed by atoms with Crippen LogP contribution in [0.2, 0.25) is 0 Å². The summed E-state index contributed by atoms with van der Waals surface area (Å²) < 4.78 is 19.5. The highest BCUT2D eigenvalue weighted by molar-refractivity contribution is 5.25. The summed E-state index contributed by atoms with van der Waals surface area (Å²) in [5.41, 5.74) is -0.485. The molecule has 6 atom stereocenters. The van der Waals surface area contributed by atoms with Gasteiger partial charge in [-0.05, 0) is 44.4 Å². The van der Waals surface area contributed by atoms with Crippen molar-refractivity contribution >= 4 is 0 Å². The molecule has 0 aromatic carbocycles. The Balaban J connectivity index is 1.59. The molecule has 0 amide bonds. The van der Waals surface area contributed by atoms with E-state index in [-0.39, 0.29) is 17.8 Å². The summed E-state index contributed by atoms with van der Waals surface area (Å²) in [7, 11) is 0. The first-order chi connectivity index (χ1) is 15.6. The van der Waals surface area contributed by atoms with Crippen LogP contribution < -0.4 is 0 Å². The molecular weight excluding hydrogens is 404 g/mol. The highest BCUT2D eigenvalue weighted by Gasteiger charge is 2.78. The van der Waals surface area contributed by atoms with Crippen LogP contribution in [0.4, 0.5) is 0 Å². The number of fused-ring (bicyclic) bond motifs is 2. The molecule has 5 heteroatoms. The van der Waals surface area contributed by atoms with Crippen molar-refractivity contribution in [1.82, 2.24) is 0 Å². The number of aliphatic hydroxyl groups excluding tert-OH is 2. The lowest BCUT2D eigenvalue weighted by atomic mass is 9.45. The topological polar surface area (TPSA) is 68.2 Å². The fourth-order valence-electron chi connectivity index (χ4n) is 7.20. The van der Waals surface area contributed by atoms with Crippen LogP contribution >= 0.6 is 0 Å². The lowest BCUT2D eigenvalue weighted by molar-refractivity contribution is -0.423. The molecule has 1 unspecified atom stereocenters. The van der Waals surface area contributed by atoms with Crippen molar-refractivity contribution in [3.8, 4) is 0 Å². The minimum atomic E-state index is -0.658. The Hall–Kier alpha value is -0.460. The maximum absolute atomic E-state index is 11.1. The first-order valence-corrected chi connectivity index (χ1v) is 13.6. The quantitative estimate of drug-likeness (QED) is 0.362. The van der Waals surface area contributed by atoms with Crippen LogP contribution in [0.15, 0.2) is 12.2 Å². The van der Waals surface area contributed by atoms with Crippen LogP contribution in [-0.2, 0) is 14.2 Å². The highest BCUT2D eigenvalue weighted by Crippen LogP contribution is 2.67. The molecule has 0 aromatic rings. The van der Waals surface area contributed by atoms with Gasteiger partial charge in [0.1, 0.15) is 5.60 Å². The summed E-state index contributed by atoms with van der Waals surface area (Å²) in [6, 6.07) is 0. The number of rotatable bonds is 10. The van der Waals surface area contributed by atoms with Gasteiger partial charge in [0.05, 0.1) is 25.4 Å². The Morgan fingerprint density at radius 3 is 2.44 bits per heavy atom. The third-order valence-electron chi connectivity index (χ3n) is 8.83. The van der Waals surface area contributed by atoms with E-state index in [0.29, 0.717) is 32.2 Å². The SMILES string of the molecule is CCCCO[C@]12CC[C@@H](O)[C@H](/C=C/[C@@H](O)C3CCCCC3)[C@H]1C(CCCC)C21OCCO1. The molecular formula is C27H46O5. The molecule has 3 aliphatic carbocycles. The predicted molar refractivity (Wildman–Crippen MR) is 125 cm³/mol. The average molecular weight is 451 g/mol. The fourth-order valence-corrected chi connectivity index (χ4v) is 7.20. The molecule has 1 heterocycles. The summed E-state index contributed by atoms with van der Waals surface area (Å²) in [6.45, 7) is 6.36. The molecule has 3 saturated carbocycles. The van der Waals surface area contributed by atoms with E-state index in [1.54, 1.807) is 0 Å². The van der Waals surface area contributed by atoms with Crippen molar-refractivity contribution in [2.24, 2.45) is 23.7 Å². The summed E-state index contributed by atoms with van der Waals surface area (Å²) in [6.07, 6.45) is 16.1. The minimum absolute atomic E-state index is 0.0242. The lowest BCUT2D eigenvalue weighted by Gasteiger charge is -2.69. The molecule has 0 bridgehead atoms. The van der Waals surface area contributed by atoms with E-state index in [1.807, 2.05) is 6.08 Å². The number of ether oxygens (including phenoxy) is 3. The van der Waals surface area contributed by atoms with Gasteiger partial charge in [-0.1, -0.05) is 64.5 Å². The first-order valence-electron chi connectivity index (χ1n) is 13.6. The van der Waals surface area contributed by atoms with E-state index >= 15 is 0 Å². The average Bonchev–Trinajstić information content (AvgIpc) is 3.33. The van der Waals surface area contributed by atoms with Crippen LogP contribution in [0.3, 0.4) is 0 Å². The molecule has 4 aliphatic rings. The molecule has 1 spiro atoms. The van der Waals surface area contributed by atoms with Crippen molar-refractivity contribution in [2.45, 2.75) is 114 Å². The Bertz CT molecular complexity index is 609. The van der Waals surface area contributed by atoms with E-state index < -0.39 is 23.6 Å². The van der Waals surface area contributed by atoms with Gasteiger partial charge < -0.3 is 24.4 Å². The van der Waals surface area contributed by atoms with E-state index in [4.69, 9.17) is 14.2 Å². The van der Waals surface area contributed by atoms with Crippen molar-refractivity contribution in [2.75, 3.05) is 19.8 Å². The molecule has 1 aliphatic heterocycles. The largest absolute Gasteiger partial charge is 0.393 e. The van der Waals surface area contributed by atoms with Crippen LogP contribution in [0, 0.1) is 23.7 Å². The third-order valence-corrected chi connectivity index (χ3v) is 8.83. The van der Waals surface area contributed by atoms with Gasteiger partial charge in [0.25, 0.3) is 0 Å². The summed E-state index contributed by atoms with van der Waals surface area (Å²) in [4.78, 5) is 0. The van der Waals surface area contributed by atoms with Crippen LogP contribution in [-0.4, -0.2) is 53.6 Å². The Morgan fingerprint density at radius 1 is 1.03 bits per heavy atom. The summed E-state index contributed by atoms with van der Waals surface area (Å²) in [5, 5.41) is 22.0. The van der Waals surface area contributed by atoms with Crippen molar-refractivity contribution in [3.63, 3.8) is 0 Å². The van der Waals surface area contributed by atoms with Gasteiger partial charge >= 0.3 is 0 Å². The maximum atomic E-state index is 11.1. The number of hydrogen-bond donors (Lipinski definition) is 2. The second kappa shape index (κ2) is 10.9. The molecule has 32 heavy (non-hydrogen) atoms. The smallest absolute Gasteiger partial charge is 0.201 e. The molecule has 0 aromatic heterocycles. The Kier molecular flexibility index (Phi) is 8.37. The normalized spacial score (nSPS) is 38.1. The van der Waals surface area contributed by atoms with Crippen molar-refractivity contribution < 1.29 is 24.4 Å². The Morgan fingerprint density at radius 2 is 1.75 bits per heavy atom. The molecule has 1 saturated heterocycles. The van der Waals surface area contributed by atoms with E-state index in [2.05, 4.69) is 19.9 Å². The predicted octanol–water partition coefficient (Wildman–Crippen LogP) is 4.99. The number of aliphatic hydroxyl groups is 2. The van der Waals surface area contributed by atoms with Crippen LogP contribution in [0.25, 0.3) is 0 Å². The second-order valence-electron chi connectivity index (χ2n) is 10.7. The fraction of sp³-hybridized carbons (Fsp3) is 0.926. The molecule has 184 valence electrons. The minimum Gasteiger partial charge on any atom is -0.393 e. The van der Waals surface area contributed by atoms with Crippen molar-refractivity contribution in [1.29, 1.82) is 0 Å². The standard InChI is InChI=1S/C27H46O5/c1-3-5-12-22-25-21(13-14-23(28)20-10-8-7-9-11-20)24(29)15-16-26(25,30-17-6-4-2)27(22)31-18-19-32-27/h13-14,20-25,28-29H,3-12,15-19H2,1-2H3/b14-13+/t21-,22?,23+,24+,25-,26+/m0/s1. The molecule has 0 radical (unpaired) electrons. The number of hydrogen-bond acceptors (Lipinski definition) is 5. The summed E-state index contributed by atoms with van der Waals surface area (Å²) >= 11 is 0. The van der Waals surface area contributed by atoms with E-state index in [0.717, 1.165) is 51.4 Å². The zero-order chi connectivity index (χ0) is 22.6. The first kappa shape index (κ1) is 24.7. The Labute approximate surface area is 194 Å². The van der Waals surface area contributed by atoms with Gasteiger partial charge in [-0.25, -0.2) is 0 Å². The van der Waals surface area contributed by atoms with Gasteiger partial charge in [0.15, 0.2) is 0 Å².